The number of aliphatic carboxylic acids is 1. The summed E-state index contributed by atoms with van der Waals surface area (Å²) >= 11 is 5.25. The summed E-state index contributed by atoms with van der Waals surface area (Å²) in [6, 6.07) is 4.42. The average molecular weight is 429 g/mol. The second-order valence-corrected chi connectivity index (χ2v) is 8.82. The standard InChI is InChI=1S/C15H16N4O5S3/c1-8-2-4-9(5-3-8)27(23,24)18-12(13(21)22)10-7-26-15(17-10)19-11(20)6-16-14(19)25/h2-5,7,12,14,16,18,25H,6H2,1H3,(H,21,22). The number of carboxylic acid groups (broad SMARTS) is 1. The minimum Gasteiger partial charge on any atom is -0.480 e. The number of nitrogens with one attached hydrogen (secondary N) is 2. The molecule has 2 unspecified atom stereocenters. The Labute approximate surface area is 164 Å². The topological polar surface area (TPSA) is 129 Å². The number of nitrogens with zero attached hydrogens (tertiary/aromatic N) is 2. The van der Waals surface area contributed by atoms with Gasteiger partial charge in [0.25, 0.3) is 0 Å². The summed E-state index contributed by atoms with van der Waals surface area (Å²) in [4.78, 5) is 28.9. The smallest absolute Gasteiger partial charge is 0.328 e. The summed E-state index contributed by atoms with van der Waals surface area (Å²) < 4.78 is 27.2. The third-order valence-corrected chi connectivity index (χ3v) is 6.52. The first-order valence-electron chi connectivity index (χ1n) is 7.70. The molecule has 0 aliphatic carbocycles. The summed E-state index contributed by atoms with van der Waals surface area (Å²) in [6.07, 6.45) is 0. The third-order valence-electron chi connectivity index (χ3n) is 3.81. The molecule has 1 aliphatic heterocycles. The number of aryl methyl sites for hydroxylation is 1. The van der Waals surface area contributed by atoms with Gasteiger partial charge < -0.3 is 5.11 Å². The second-order valence-electron chi connectivity index (χ2n) is 5.78. The van der Waals surface area contributed by atoms with Crippen molar-refractivity contribution in [3.05, 3.63) is 40.9 Å². The number of thiazole rings is 1. The molecule has 2 heterocycles. The van der Waals surface area contributed by atoms with Crippen LogP contribution >= 0.6 is 24.0 Å². The number of rotatable bonds is 6. The predicted molar refractivity (Wildman–Crippen MR) is 102 cm³/mol. The molecular formula is C15H16N4O5S3. The fourth-order valence-electron chi connectivity index (χ4n) is 2.40. The predicted octanol–water partition coefficient (Wildman–Crippen LogP) is 0.705. The number of aromatic nitrogens is 1. The van der Waals surface area contributed by atoms with E-state index in [1.165, 1.54) is 22.4 Å². The van der Waals surface area contributed by atoms with Crippen LogP contribution < -0.4 is 14.9 Å². The van der Waals surface area contributed by atoms with Gasteiger partial charge in [-0.3, -0.25) is 19.8 Å². The molecular weight excluding hydrogens is 412 g/mol. The number of carbonyl (C=O) groups is 2. The molecule has 1 aliphatic rings. The fraction of sp³-hybridized carbons (Fsp3) is 0.267. The molecule has 0 radical (unpaired) electrons. The van der Waals surface area contributed by atoms with Crippen molar-refractivity contribution >= 4 is 51.0 Å². The Balaban J connectivity index is 1.87. The number of hydrogen-bond acceptors (Lipinski definition) is 8. The molecule has 3 N–H and O–H groups in total. The Hall–Kier alpha value is -1.99. The van der Waals surface area contributed by atoms with Crippen molar-refractivity contribution in [2.75, 3.05) is 11.4 Å². The summed E-state index contributed by atoms with van der Waals surface area (Å²) in [5.41, 5.74) is 0.278. The highest BCUT2D eigenvalue weighted by Crippen LogP contribution is 2.28. The van der Waals surface area contributed by atoms with Gasteiger partial charge >= 0.3 is 5.97 Å². The molecule has 1 aromatic heterocycles. The zero-order chi connectivity index (χ0) is 19.8. The Bertz CT molecular complexity index is 974. The Kier molecular flexibility index (Phi) is 5.53. The maximum atomic E-state index is 12.5. The van der Waals surface area contributed by atoms with E-state index >= 15 is 0 Å². The van der Waals surface area contributed by atoms with E-state index in [4.69, 9.17) is 0 Å². The van der Waals surface area contributed by atoms with Crippen molar-refractivity contribution in [3.63, 3.8) is 0 Å². The van der Waals surface area contributed by atoms with Crippen molar-refractivity contribution in [2.24, 2.45) is 0 Å². The van der Waals surface area contributed by atoms with Gasteiger partial charge in [0.05, 0.1) is 17.1 Å². The lowest BCUT2D eigenvalue weighted by Gasteiger charge is -2.17. The van der Waals surface area contributed by atoms with Gasteiger partial charge in [0.15, 0.2) is 11.2 Å². The van der Waals surface area contributed by atoms with E-state index in [1.54, 1.807) is 12.1 Å². The number of hydrogen-bond donors (Lipinski definition) is 4. The first kappa shape index (κ1) is 19.8. The highest BCUT2D eigenvalue weighted by molar-refractivity contribution is 7.89. The van der Waals surface area contributed by atoms with Crippen LogP contribution in [0, 0.1) is 6.92 Å². The Morgan fingerprint density at radius 1 is 1.44 bits per heavy atom. The first-order valence-corrected chi connectivity index (χ1v) is 10.6. The lowest BCUT2D eigenvalue weighted by Crippen LogP contribution is -2.35. The van der Waals surface area contributed by atoms with Crippen molar-refractivity contribution in [3.8, 4) is 0 Å². The van der Waals surface area contributed by atoms with E-state index in [2.05, 4.69) is 27.7 Å². The molecule has 9 nitrogen and oxygen atoms in total. The third kappa shape index (κ3) is 4.14. The normalized spacial score (nSPS) is 18.7. The number of benzene rings is 1. The Morgan fingerprint density at radius 2 is 2.11 bits per heavy atom. The maximum Gasteiger partial charge on any atom is 0.328 e. The molecule has 144 valence electrons. The van der Waals surface area contributed by atoms with Gasteiger partial charge in [0.1, 0.15) is 5.50 Å². The molecule has 2 atom stereocenters. The SMILES string of the molecule is Cc1ccc(S(=O)(=O)NC(C(=O)O)c2csc(N3C(=O)CNC3S)n2)cc1. The molecule has 1 aromatic carbocycles. The van der Waals surface area contributed by atoms with Crippen molar-refractivity contribution < 1.29 is 23.1 Å². The van der Waals surface area contributed by atoms with Gasteiger partial charge in [0, 0.05) is 5.38 Å². The van der Waals surface area contributed by atoms with Gasteiger partial charge in [-0.05, 0) is 19.1 Å². The molecule has 3 rings (SSSR count). The fourth-order valence-corrected chi connectivity index (χ4v) is 4.86. The monoisotopic (exact) mass is 428 g/mol. The minimum absolute atomic E-state index is 0.0154. The lowest BCUT2D eigenvalue weighted by molar-refractivity contribution is -0.139. The molecule has 12 heteroatoms. The van der Waals surface area contributed by atoms with Gasteiger partial charge in [-0.1, -0.05) is 17.7 Å². The molecule has 1 amide bonds. The molecule has 0 bridgehead atoms. The summed E-state index contributed by atoms with van der Waals surface area (Å²) in [5, 5.41) is 13.9. The number of amides is 1. The quantitative estimate of drug-likeness (QED) is 0.499. The number of carboxylic acids is 1. The zero-order valence-corrected chi connectivity index (χ0v) is 16.5. The molecule has 1 fully saturated rings. The number of anilines is 1. The molecule has 1 saturated heterocycles. The summed E-state index contributed by atoms with van der Waals surface area (Å²) in [7, 11) is -4.07. The van der Waals surface area contributed by atoms with E-state index in [0.717, 1.165) is 16.9 Å². The first-order chi connectivity index (χ1) is 12.7. The molecule has 2 aromatic rings. The van der Waals surface area contributed by atoms with Crippen LogP contribution in [-0.2, 0) is 19.6 Å². The van der Waals surface area contributed by atoms with Crippen molar-refractivity contribution in [1.29, 1.82) is 0 Å². The minimum atomic E-state index is -4.07. The van der Waals surface area contributed by atoms with Crippen LogP contribution in [0.5, 0.6) is 0 Å². The van der Waals surface area contributed by atoms with Gasteiger partial charge in [0.2, 0.25) is 15.9 Å². The van der Waals surface area contributed by atoms with E-state index in [9.17, 15) is 23.1 Å². The second kappa shape index (κ2) is 7.56. The molecule has 0 spiro atoms. The van der Waals surface area contributed by atoms with E-state index < -0.39 is 27.5 Å². The summed E-state index contributed by atoms with van der Waals surface area (Å²) in [5.74, 6) is -1.67. The van der Waals surface area contributed by atoms with Crippen molar-refractivity contribution in [1.82, 2.24) is 15.0 Å². The average Bonchev–Trinajstić information content (AvgIpc) is 3.19. The highest BCUT2D eigenvalue weighted by atomic mass is 32.2. The molecule has 0 saturated carbocycles. The van der Waals surface area contributed by atoms with E-state index in [-0.39, 0.29) is 28.2 Å². The van der Waals surface area contributed by atoms with Crippen LogP contribution in [0.2, 0.25) is 0 Å². The lowest BCUT2D eigenvalue weighted by atomic mass is 10.2. The van der Waals surface area contributed by atoms with Gasteiger partial charge in [-0.2, -0.15) is 4.72 Å². The summed E-state index contributed by atoms with van der Waals surface area (Å²) in [6.45, 7) is 1.90. The van der Waals surface area contributed by atoms with Gasteiger partial charge in [-0.15, -0.1) is 24.0 Å². The van der Waals surface area contributed by atoms with Crippen molar-refractivity contribution in [2.45, 2.75) is 23.4 Å². The van der Waals surface area contributed by atoms with Crippen LogP contribution in [0.4, 0.5) is 5.13 Å². The largest absolute Gasteiger partial charge is 0.480 e. The zero-order valence-electron chi connectivity index (χ0n) is 14.0. The van der Waals surface area contributed by atoms with Crippen LogP contribution in [0.25, 0.3) is 0 Å². The van der Waals surface area contributed by atoms with E-state index in [1.807, 2.05) is 6.92 Å². The Morgan fingerprint density at radius 3 is 2.67 bits per heavy atom. The number of carbonyl (C=O) groups excluding carboxylic acids is 1. The highest BCUT2D eigenvalue weighted by Gasteiger charge is 2.34. The van der Waals surface area contributed by atoms with Crippen LogP contribution in [0.3, 0.4) is 0 Å². The van der Waals surface area contributed by atoms with E-state index in [0.29, 0.717) is 0 Å². The maximum absolute atomic E-state index is 12.5. The van der Waals surface area contributed by atoms with Crippen LogP contribution in [-0.4, -0.2) is 42.4 Å². The number of sulfonamides is 1. The van der Waals surface area contributed by atoms with Crippen LogP contribution in [0.1, 0.15) is 17.3 Å². The number of thiol groups is 1. The molecule has 27 heavy (non-hydrogen) atoms. The van der Waals surface area contributed by atoms with Crippen LogP contribution in [0.15, 0.2) is 34.5 Å². The van der Waals surface area contributed by atoms with Gasteiger partial charge in [-0.25, -0.2) is 13.4 Å².